The summed E-state index contributed by atoms with van der Waals surface area (Å²) < 4.78 is 29.7. The molecule has 0 amide bonds. The van der Waals surface area contributed by atoms with Crippen LogP contribution in [0.15, 0.2) is 0 Å². The number of ether oxygens (including phenoxy) is 1. The Morgan fingerprint density at radius 2 is 1.75 bits per heavy atom. The molecule has 1 heterocycles. The van der Waals surface area contributed by atoms with Crippen molar-refractivity contribution in [1.82, 2.24) is 10.0 Å². The van der Waals surface area contributed by atoms with Crippen LogP contribution in [0.5, 0.6) is 0 Å². The van der Waals surface area contributed by atoms with Crippen LogP contribution < -0.4 is 10.0 Å². The Labute approximate surface area is 98.0 Å². The van der Waals surface area contributed by atoms with E-state index in [2.05, 4.69) is 23.9 Å². The highest BCUT2D eigenvalue weighted by Crippen LogP contribution is 2.18. The van der Waals surface area contributed by atoms with Gasteiger partial charge in [0.1, 0.15) is 0 Å². The highest BCUT2D eigenvalue weighted by atomic mass is 32.2. The van der Waals surface area contributed by atoms with Crippen molar-refractivity contribution in [2.45, 2.75) is 44.9 Å². The third kappa shape index (κ3) is 5.79. The van der Waals surface area contributed by atoms with Crippen molar-refractivity contribution in [2.24, 2.45) is 0 Å². The summed E-state index contributed by atoms with van der Waals surface area (Å²) in [6, 6.07) is 0.431. The van der Waals surface area contributed by atoms with E-state index in [9.17, 15) is 8.42 Å². The van der Waals surface area contributed by atoms with Crippen molar-refractivity contribution in [1.29, 1.82) is 0 Å². The minimum absolute atomic E-state index is 0.282. The van der Waals surface area contributed by atoms with Gasteiger partial charge in [-0.05, 0) is 26.7 Å². The number of hydrogen-bond donors (Lipinski definition) is 2. The molecule has 1 saturated heterocycles. The highest BCUT2D eigenvalue weighted by molar-refractivity contribution is 7.88. The first kappa shape index (κ1) is 13.9. The average molecular weight is 250 g/mol. The fraction of sp³-hybridized carbons (Fsp3) is 1.00. The van der Waals surface area contributed by atoms with Crippen LogP contribution in [-0.4, -0.2) is 46.0 Å². The Bertz CT molecular complexity index is 295. The molecule has 0 aromatic carbocycles. The maximum atomic E-state index is 10.8. The largest absolute Gasteiger partial charge is 0.375 e. The predicted octanol–water partition coefficient (Wildman–Crippen LogP) is 0.0812. The molecule has 1 fully saturated rings. The standard InChI is InChI=1S/C10H22N2O3S/c1-8-6-10(7-9(2)15-8)11-4-5-12-16(3,13)14/h8-12H,4-7H2,1-3H3. The van der Waals surface area contributed by atoms with Gasteiger partial charge in [0.15, 0.2) is 0 Å². The molecule has 0 radical (unpaired) electrons. The number of hydrogen-bond acceptors (Lipinski definition) is 4. The van der Waals surface area contributed by atoms with E-state index in [1.54, 1.807) is 0 Å². The van der Waals surface area contributed by atoms with Gasteiger partial charge >= 0.3 is 0 Å². The van der Waals surface area contributed by atoms with E-state index in [0.29, 0.717) is 19.1 Å². The summed E-state index contributed by atoms with van der Waals surface area (Å²) in [5.41, 5.74) is 0. The zero-order chi connectivity index (χ0) is 12.2. The lowest BCUT2D eigenvalue weighted by molar-refractivity contribution is -0.0418. The van der Waals surface area contributed by atoms with Crippen molar-refractivity contribution in [3.05, 3.63) is 0 Å². The lowest BCUT2D eigenvalue weighted by Gasteiger charge is -2.32. The smallest absolute Gasteiger partial charge is 0.208 e. The minimum atomic E-state index is -3.06. The quantitative estimate of drug-likeness (QED) is 0.678. The first-order chi connectivity index (χ1) is 7.37. The lowest BCUT2D eigenvalue weighted by atomic mass is 10.00. The first-order valence-corrected chi connectivity index (χ1v) is 7.59. The van der Waals surface area contributed by atoms with E-state index < -0.39 is 10.0 Å². The van der Waals surface area contributed by atoms with Crippen molar-refractivity contribution < 1.29 is 13.2 Å². The van der Waals surface area contributed by atoms with E-state index in [0.717, 1.165) is 12.8 Å². The molecule has 2 unspecified atom stereocenters. The molecular formula is C10H22N2O3S. The summed E-state index contributed by atoms with van der Waals surface area (Å²) in [5, 5.41) is 3.35. The van der Waals surface area contributed by atoms with Crippen LogP contribution in [0.3, 0.4) is 0 Å². The third-order valence-corrected chi connectivity index (χ3v) is 3.35. The molecule has 0 aromatic heterocycles. The van der Waals surface area contributed by atoms with Crippen LogP contribution >= 0.6 is 0 Å². The Morgan fingerprint density at radius 1 is 1.19 bits per heavy atom. The highest BCUT2D eigenvalue weighted by Gasteiger charge is 2.23. The van der Waals surface area contributed by atoms with Crippen molar-refractivity contribution in [3.8, 4) is 0 Å². The summed E-state index contributed by atoms with van der Waals surface area (Å²) in [4.78, 5) is 0. The molecule has 96 valence electrons. The zero-order valence-corrected chi connectivity index (χ0v) is 11.0. The SMILES string of the molecule is CC1CC(NCCNS(C)(=O)=O)CC(C)O1. The maximum absolute atomic E-state index is 10.8. The van der Waals surface area contributed by atoms with Gasteiger partial charge in [0.25, 0.3) is 0 Å². The summed E-state index contributed by atoms with van der Waals surface area (Å²) in [6.07, 6.45) is 3.71. The zero-order valence-electron chi connectivity index (χ0n) is 10.2. The fourth-order valence-electron chi connectivity index (χ4n) is 2.08. The van der Waals surface area contributed by atoms with Gasteiger partial charge in [-0.15, -0.1) is 0 Å². The van der Waals surface area contributed by atoms with Gasteiger partial charge in [0, 0.05) is 19.1 Å². The molecule has 0 aromatic rings. The minimum Gasteiger partial charge on any atom is -0.375 e. The van der Waals surface area contributed by atoms with Gasteiger partial charge in [0.05, 0.1) is 18.5 Å². The van der Waals surface area contributed by atoms with Crippen LogP contribution in [-0.2, 0) is 14.8 Å². The van der Waals surface area contributed by atoms with Crippen LogP contribution in [0.2, 0.25) is 0 Å². The molecule has 16 heavy (non-hydrogen) atoms. The molecule has 0 aliphatic carbocycles. The number of sulfonamides is 1. The van der Waals surface area contributed by atoms with Gasteiger partial charge < -0.3 is 10.1 Å². The van der Waals surface area contributed by atoms with Crippen molar-refractivity contribution in [3.63, 3.8) is 0 Å². The van der Waals surface area contributed by atoms with E-state index in [-0.39, 0.29) is 12.2 Å². The van der Waals surface area contributed by atoms with E-state index in [4.69, 9.17) is 4.74 Å². The topological polar surface area (TPSA) is 67.4 Å². The van der Waals surface area contributed by atoms with Gasteiger partial charge in [-0.2, -0.15) is 0 Å². The lowest BCUT2D eigenvalue weighted by Crippen LogP contribution is -2.43. The maximum Gasteiger partial charge on any atom is 0.208 e. The Kier molecular flexibility index (Phi) is 5.17. The van der Waals surface area contributed by atoms with Gasteiger partial charge in [-0.25, -0.2) is 13.1 Å². The first-order valence-electron chi connectivity index (χ1n) is 5.70. The summed E-state index contributed by atoms with van der Waals surface area (Å²) in [7, 11) is -3.06. The van der Waals surface area contributed by atoms with Gasteiger partial charge in [-0.3, -0.25) is 0 Å². The van der Waals surface area contributed by atoms with Crippen molar-refractivity contribution in [2.75, 3.05) is 19.3 Å². The normalized spacial score (nSPS) is 31.6. The fourth-order valence-corrected chi connectivity index (χ4v) is 2.56. The number of nitrogens with one attached hydrogen (secondary N) is 2. The van der Waals surface area contributed by atoms with Crippen LogP contribution in [0.25, 0.3) is 0 Å². The van der Waals surface area contributed by atoms with Gasteiger partial charge in [0.2, 0.25) is 10.0 Å². The Balaban J connectivity index is 2.17. The molecular weight excluding hydrogens is 228 g/mol. The second-order valence-electron chi connectivity index (χ2n) is 4.55. The Hall–Kier alpha value is -0.170. The molecule has 1 aliphatic rings. The second-order valence-corrected chi connectivity index (χ2v) is 6.38. The number of rotatable bonds is 5. The summed E-state index contributed by atoms with van der Waals surface area (Å²) in [6.45, 7) is 5.24. The molecule has 1 aliphatic heterocycles. The molecule has 6 heteroatoms. The molecule has 0 spiro atoms. The molecule has 5 nitrogen and oxygen atoms in total. The summed E-state index contributed by atoms with van der Waals surface area (Å²) >= 11 is 0. The van der Waals surface area contributed by atoms with Crippen molar-refractivity contribution >= 4 is 10.0 Å². The van der Waals surface area contributed by atoms with E-state index in [1.807, 2.05) is 0 Å². The molecule has 2 atom stereocenters. The van der Waals surface area contributed by atoms with Gasteiger partial charge in [-0.1, -0.05) is 0 Å². The molecule has 0 saturated carbocycles. The second kappa shape index (κ2) is 5.95. The van der Waals surface area contributed by atoms with Crippen LogP contribution in [0.4, 0.5) is 0 Å². The van der Waals surface area contributed by atoms with Crippen LogP contribution in [0, 0.1) is 0 Å². The third-order valence-electron chi connectivity index (χ3n) is 2.62. The molecule has 2 N–H and O–H groups in total. The van der Waals surface area contributed by atoms with E-state index in [1.165, 1.54) is 6.26 Å². The monoisotopic (exact) mass is 250 g/mol. The Morgan fingerprint density at radius 3 is 2.25 bits per heavy atom. The molecule has 0 bridgehead atoms. The van der Waals surface area contributed by atoms with E-state index >= 15 is 0 Å². The average Bonchev–Trinajstić information content (AvgIpc) is 2.09. The predicted molar refractivity (Wildman–Crippen MR) is 63.9 cm³/mol. The molecule has 1 rings (SSSR count). The summed E-state index contributed by atoms with van der Waals surface area (Å²) in [5.74, 6) is 0. The van der Waals surface area contributed by atoms with Crippen LogP contribution in [0.1, 0.15) is 26.7 Å².